The summed E-state index contributed by atoms with van der Waals surface area (Å²) in [5.74, 6) is 0.182. The van der Waals surface area contributed by atoms with Gasteiger partial charge >= 0.3 is 0 Å². The third-order valence-corrected chi connectivity index (χ3v) is 5.51. The van der Waals surface area contributed by atoms with Gasteiger partial charge in [0.15, 0.2) is 0 Å². The predicted octanol–water partition coefficient (Wildman–Crippen LogP) is 3.95. The maximum atomic E-state index is 12.3. The number of benzene rings is 1. The lowest BCUT2D eigenvalue weighted by Crippen LogP contribution is -2.38. The lowest BCUT2D eigenvalue weighted by Gasteiger charge is -2.25. The van der Waals surface area contributed by atoms with Crippen LogP contribution in [0, 0.1) is 0 Å². The Kier molecular flexibility index (Phi) is 5.83. The van der Waals surface area contributed by atoms with Crippen LogP contribution in [0.25, 0.3) is 0 Å². The summed E-state index contributed by atoms with van der Waals surface area (Å²) in [5.41, 5.74) is 1.02. The topological polar surface area (TPSA) is 32.3 Å². The highest BCUT2D eigenvalue weighted by Gasteiger charge is 2.38. The highest BCUT2D eigenvalue weighted by Crippen LogP contribution is 2.43. The molecule has 21 heavy (non-hydrogen) atoms. The Morgan fingerprint density at radius 3 is 2.67 bits per heavy atom. The van der Waals surface area contributed by atoms with Gasteiger partial charge in [-0.3, -0.25) is 4.79 Å². The van der Waals surface area contributed by atoms with Crippen LogP contribution >= 0.6 is 35.0 Å². The first kappa shape index (κ1) is 16.9. The van der Waals surface area contributed by atoms with Crippen LogP contribution < -0.4 is 5.32 Å². The maximum Gasteiger partial charge on any atom is 0.236 e. The average Bonchev–Trinajstić information content (AvgIpc) is 2.70. The lowest BCUT2D eigenvalue weighted by atomic mass is 10.2. The van der Waals surface area contributed by atoms with Crippen LogP contribution in [0.1, 0.15) is 31.7 Å². The van der Waals surface area contributed by atoms with Crippen LogP contribution in [-0.2, 0) is 4.79 Å². The second-order valence-corrected chi connectivity index (χ2v) is 7.68. The number of halogens is 2. The molecule has 0 bridgehead atoms. The summed E-state index contributed by atoms with van der Waals surface area (Å²) in [6, 6.07) is 6.00. The van der Waals surface area contributed by atoms with Crippen LogP contribution in [0.3, 0.4) is 0 Å². The van der Waals surface area contributed by atoms with Gasteiger partial charge in [0.05, 0.1) is 15.3 Å². The molecule has 116 valence electrons. The zero-order valence-electron chi connectivity index (χ0n) is 12.4. The number of thioether (sulfide) groups is 1. The van der Waals surface area contributed by atoms with E-state index in [-0.39, 0.29) is 16.5 Å². The molecule has 0 spiro atoms. The molecule has 1 aliphatic heterocycles. The normalized spacial score (nSPS) is 22.4. The maximum absolute atomic E-state index is 12.3. The van der Waals surface area contributed by atoms with E-state index in [9.17, 15) is 4.79 Å². The van der Waals surface area contributed by atoms with E-state index in [2.05, 4.69) is 19.2 Å². The van der Waals surface area contributed by atoms with Crippen molar-refractivity contribution < 1.29 is 4.79 Å². The third-order valence-electron chi connectivity index (χ3n) is 3.38. The van der Waals surface area contributed by atoms with E-state index in [4.69, 9.17) is 23.2 Å². The smallest absolute Gasteiger partial charge is 0.236 e. The summed E-state index contributed by atoms with van der Waals surface area (Å²) in [5, 5.41) is 4.40. The molecule has 0 aliphatic carbocycles. The van der Waals surface area contributed by atoms with Crippen LogP contribution in [0.2, 0.25) is 10.0 Å². The largest absolute Gasteiger partial charge is 0.324 e. The molecule has 0 unspecified atom stereocenters. The minimum Gasteiger partial charge on any atom is -0.324 e. The van der Waals surface area contributed by atoms with Gasteiger partial charge in [-0.25, -0.2) is 0 Å². The van der Waals surface area contributed by atoms with Crippen molar-refractivity contribution >= 4 is 40.9 Å². The summed E-state index contributed by atoms with van der Waals surface area (Å²) in [6.45, 7) is 7.63. The average molecular weight is 347 g/mol. The molecule has 0 radical (unpaired) electrons. The van der Waals surface area contributed by atoms with Gasteiger partial charge < -0.3 is 10.2 Å². The molecule has 1 aromatic carbocycles. The fourth-order valence-corrected chi connectivity index (χ4v) is 3.90. The summed E-state index contributed by atoms with van der Waals surface area (Å²) >= 11 is 13.7. The van der Waals surface area contributed by atoms with Crippen molar-refractivity contribution in [2.24, 2.45) is 0 Å². The third kappa shape index (κ3) is 4.07. The molecule has 1 aromatic rings. The van der Waals surface area contributed by atoms with Crippen molar-refractivity contribution in [2.75, 3.05) is 13.1 Å². The van der Waals surface area contributed by atoms with Crippen molar-refractivity contribution in [1.82, 2.24) is 10.2 Å². The Morgan fingerprint density at radius 2 is 2.05 bits per heavy atom. The van der Waals surface area contributed by atoms with Crippen molar-refractivity contribution in [3.63, 3.8) is 0 Å². The molecule has 1 aliphatic rings. The number of carbonyl (C=O) groups is 1. The Bertz CT molecular complexity index is 524. The van der Waals surface area contributed by atoms with Gasteiger partial charge in [-0.15, -0.1) is 11.8 Å². The molecule has 1 N–H and O–H groups in total. The molecule has 0 saturated carbocycles. The van der Waals surface area contributed by atoms with E-state index in [1.165, 1.54) is 0 Å². The molecule has 0 aromatic heterocycles. The fourth-order valence-electron chi connectivity index (χ4n) is 2.30. The fraction of sp³-hybridized carbons (Fsp3) is 0.533. The first-order chi connectivity index (χ1) is 9.90. The minimum atomic E-state index is -0.0245. The molecule has 2 rings (SSSR count). The number of hydrogen-bond acceptors (Lipinski definition) is 3. The van der Waals surface area contributed by atoms with Gasteiger partial charge in [-0.1, -0.05) is 43.1 Å². The molecule has 3 nitrogen and oxygen atoms in total. The highest BCUT2D eigenvalue weighted by atomic mass is 35.5. The quantitative estimate of drug-likeness (QED) is 0.875. The number of hydrogen-bond donors (Lipinski definition) is 1. The second kappa shape index (κ2) is 7.23. The van der Waals surface area contributed by atoms with E-state index in [1.54, 1.807) is 17.8 Å². The van der Waals surface area contributed by atoms with Crippen molar-refractivity contribution in [1.29, 1.82) is 0 Å². The van der Waals surface area contributed by atoms with Crippen LogP contribution in [0.5, 0.6) is 0 Å². The van der Waals surface area contributed by atoms with E-state index in [1.807, 2.05) is 24.0 Å². The van der Waals surface area contributed by atoms with Gasteiger partial charge in [-0.2, -0.15) is 0 Å². The summed E-state index contributed by atoms with van der Waals surface area (Å²) in [6.07, 6.45) is 0. The molecule has 1 heterocycles. The molecule has 1 amide bonds. The predicted molar refractivity (Wildman–Crippen MR) is 91.1 cm³/mol. The van der Waals surface area contributed by atoms with Crippen molar-refractivity contribution in [2.45, 2.75) is 37.4 Å². The van der Waals surface area contributed by atoms with Crippen molar-refractivity contribution in [3.8, 4) is 0 Å². The highest BCUT2D eigenvalue weighted by molar-refractivity contribution is 8.01. The van der Waals surface area contributed by atoms with Gasteiger partial charge in [0.1, 0.15) is 5.37 Å². The first-order valence-electron chi connectivity index (χ1n) is 7.04. The molecular formula is C15H20Cl2N2OS. The summed E-state index contributed by atoms with van der Waals surface area (Å²) < 4.78 is 0. The summed E-state index contributed by atoms with van der Waals surface area (Å²) in [7, 11) is 0. The van der Waals surface area contributed by atoms with Crippen molar-refractivity contribution in [3.05, 3.63) is 33.8 Å². The van der Waals surface area contributed by atoms with Crippen LogP contribution in [0.4, 0.5) is 0 Å². The second-order valence-electron chi connectivity index (χ2n) is 5.44. The van der Waals surface area contributed by atoms with E-state index < -0.39 is 0 Å². The first-order valence-corrected chi connectivity index (χ1v) is 8.74. The van der Waals surface area contributed by atoms with Gasteiger partial charge in [0, 0.05) is 19.1 Å². The number of amides is 1. The number of nitrogens with zero attached hydrogens (tertiary/aromatic N) is 1. The summed E-state index contributed by atoms with van der Waals surface area (Å²) in [4.78, 5) is 14.3. The van der Waals surface area contributed by atoms with Gasteiger partial charge in [0.2, 0.25) is 5.91 Å². The standard InChI is InChI=1S/C15H20Cl2N2OS/c1-9(2)18-6-7-19-14(20)10(3)21-15(19)11-4-5-12(16)13(17)8-11/h4-5,8-10,15,18H,6-7H2,1-3H3/t10-,15-/m1/s1. The Morgan fingerprint density at radius 1 is 1.33 bits per heavy atom. The lowest BCUT2D eigenvalue weighted by molar-refractivity contribution is -0.129. The van der Waals surface area contributed by atoms with Gasteiger partial charge in [-0.05, 0) is 24.6 Å². The van der Waals surface area contributed by atoms with Gasteiger partial charge in [0.25, 0.3) is 0 Å². The molecule has 1 fully saturated rings. The number of rotatable bonds is 5. The zero-order chi connectivity index (χ0) is 15.6. The van der Waals surface area contributed by atoms with E-state index >= 15 is 0 Å². The molecule has 6 heteroatoms. The van der Waals surface area contributed by atoms with E-state index in [0.29, 0.717) is 22.6 Å². The SMILES string of the molecule is CC(C)NCCN1C(=O)[C@@H](C)S[C@@H]1c1ccc(Cl)c(Cl)c1. The Hall–Kier alpha value is -0.420. The molecule has 2 atom stereocenters. The Labute approximate surface area is 140 Å². The van der Waals surface area contributed by atoms with E-state index in [0.717, 1.165) is 12.1 Å². The monoisotopic (exact) mass is 346 g/mol. The number of nitrogens with one attached hydrogen (secondary N) is 1. The number of carbonyl (C=O) groups excluding carboxylic acids is 1. The van der Waals surface area contributed by atoms with Crippen LogP contribution in [0.15, 0.2) is 18.2 Å². The van der Waals surface area contributed by atoms with Crippen LogP contribution in [-0.4, -0.2) is 35.2 Å². The Balaban J connectivity index is 2.15. The zero-order valence-corrected chi connectivity index (χ0v) is 14.7. The molecule has 1 saturated heterocycles. The molecular weight excluding hydrogens is 327 g/mol. The minimum absolute atomic E-state index is 0.0104.